The number of anilines is 1. The molecule has 0 aromatic heterocycles. The molecule has 3 rings (SSSR count). The van der Waals surface area contributed by atoms with Crippen LogP contribution in [0.2, 0.25) is 10.0 Å². The number of urea groups is 1. The predicted molar refractivity (Wildman–Crippen MR) is 106 cm³/mol. The van der Waals surface area contributed by atoms with Crippen LogP contribution in [0, 0.1) is 0 Å². The number of methoxy groups -OCH3 is 1. The van der Waals surface area contributed by atoms with Gasteiger partial charge in [0.1, 0.15) is 5.75 Å². The maximum atomic E-state index is 12.6. The number of ether oxygens (including phenoxy) is 1. The van der Waals surface area contributed by atoms with E-state index in [9.17, 15) is 9.59 Å². The second-order valence-electron chi connectivity index (χ2n) is 6.10. The molecule has 0 unspecified atom stereocenters. The molecule has 8 heteroatoms. The third-order valence-electron chi connectivity index (χ3n) is 4.28. The normalized spacial score (nSPS) is 14.0. The molecule has 0 spiro atoms. The van der Waals surface area contributed by atoms with Crippen molar-refractivity contribution >= 4 is 40.8 Å². The number of halogens is 2. The van der Waals surface area contributed by atoms with Gasteiger partial charge in [0.2, 0.25) is 0 Å². The van der Waals surface area contributed by atoms with Crippen LogP contribution in [0.1, 0.15) is 10.4 Å². The van der Waals surface area contributed by atoms with Gasteiger partial charge in [-0.2, -0.15) is 0 Å². The molecule has 0 atom stereocenters. The Labute approximate surface area is 167 Å². The highest BCUT2D eigenvalue weighted by atomic mass is 35.5. The summed E-state index contributed by atoms with van der Waals surface area (Å²) in [5.41, 5.74) is 1.10. The van der Waals surface area contributed by atoms with Crippen LogP contribution in [0.3, 0.4) is 0 Å². The molecule has 27 heavy (non-hydrogen) atoms. The molecule has 0 radical (unpaired) electrons. The summed E-state index contributed by atoms with van der Waals surface area (Å²) in [6.45, 7) is 1.76. The van der Waals surface area contributed by atoms with Gasteiger partial charge < -0.3 is 19.9 Å². The lowest BCUT2D eigenvalue weighted by Crippen LogP contribution is -2.51. The van der Waals surface area contributed by atoms with Crippen LogP contribution in [-0.4, -0.2) is 55.0 Å². The lowest BCUT2D eigenvalue weighted by Gasteiger charge is -2.34. The minimum atomic E-state index is -0.207. The second-order valence-corrected chi connectivity index (χ2v) is 6.97. The molecule has 6 nitrogen and oxygen atoms in total. The number of nitrogens with one attached hydrogen (secondary N) is 1. The average molecular weight is 408 g/mol. The molecule has 1 heterocycles. The van der Waals surface area contributed by atoms with Gasteiger partial charge in [-0.3, -0.25) is 4.79 Å². The predicted octanol–water partition coefficient (Wildman–Crippen LogP) is 3.99. The molecule has 0 bridgehead atoms. The first kappa shape index (κ1) is 19.3. The van der Waals surface area contributed by atoms with Crippen molar-refractivity contribution in [1.82, 2.24) is 9.80 Å². The van der Waals surface area contributed by atoms with E-state index >= 15 is 0 Å². The van der Waals surface area contributed by atoms with E-state index in [2.05, 4.69) is 5.32 Å². The number of piperazine rings is 1. The van der Waals surface area contributed by atoms with E-state index in [1.807, 2.05) is 6.07 Å². The van der Waals surface area contributed by atoms with Gasteiger partial charge in [-0.25, -0.2) is 4.79 Å². The Balaban J connectivity index is 1.57. The standard InChI is InChI=1S/C19H19Cl2N3O3/c1-27-17-4-2-3-16(12-17)22-19(26)24-7-5-23(6-8-24)18(25)13-9-14(20)11-15(21)10-13/h2-4,9-12H,5-8H2,1H3,(H,22,26). The molecule has 1 aliphatic rings. The lowest BCUT2D eigenvalue weighted by atomic mass is 10.2. The minimum absolute atomic E-state index is 0.146. The van der Waals surface area contributed by atoms with E-state index in [-0.39, 0.29) is 11.9 Å². The van der Waals surface area contributed by atoms with E-state index < -0.39 is 0 Å². The highest BCUT2D eigenvalue weighted by molar-refractivity contribution is 6.35. The molecule has 142 valence electrons. The first-order valence-electron chi connectivity index (χ1n) is 8.41. The largest absolute Gasteiger partial charge is 0.497 e. The summed E-state index contributed by atoms with van der Waals surface area (Å²) in [4.78, 5) is 28.4. The summed E-state index contributed by atoms with van der Waals surface area (Å²) in [5, 5.41) is 3.68. The molecular formula is C19H19Cl2N3O3. The molecule has 0 aliphatic carbocycles. The summed E-state index contributed by atoms with van der Waals surface area (Å²) in [7, 11) is 1.57. The number of benzene rings is 2. The van der Waals surface area contributed by atoms with Crippen LogP contribution >= 0.6 is 23.2 Å². The Bertz CT molecular complexity index is 832. The van der Waals surface area contributed by atoms with Gasteiger partial charge in [0, 0.05) is 53.5 Å². The van der Waals surface area contributed by atoms with Crippen molar-refractivity contribution in [1.29, 1.82) is 0 Å². The molecule has 1 N–H and O–H groups in total. The zero-order chi connectivity index (χ0) is 19.4. The summed E-state index contributed by atoms with van der Waals surface area (Å²) in [5.74, 6) is 0.524. The summed E-state index contributed by atoms with van der Waals surface area (Å²) < 4.78 is 5.15. The SMILES string of the molecule is COc1cccc(NC(=O)N2CCN(C(=O)c3cc(Cl)cc(Cl)c3)CC2)c1. The number of amides is 3. The van der Waals surface area contributed by atoms with E-state index in [4.69, 9.17) is 27.9 Å². The number of nitrogens with zero attached hydrogens (tertiary/aromatic N) is 2. The van der Waals surface area contributed by atoms with Crippen LogP contribution in [-0.2, 0) is 0 Å². The molecule has 2 aromatic rings. The van der Waals surface area contributed by atoms with Crippen molar-refractivity contribution in [3.8, 4) is 5.75 Å². The van der Waals surface area contributed by atoms with Gasteiger partial charge >= 0.3 is 6.03 Å². The molecular weight excluding hydrogens is 389 g/mol. The second kappa shape index (κ2) is 8.50. The van der Waals surface area contributed by atoms with Crippen LogP contribution in [0.4, 0.5) is 10.5 Å². The fourth-order valence-electron chi connectivity index (χ4n) is 2.88. The van der Waals surface area contributed by atoms with Crippen molar-refractivity contribution in [3.63, 3.8) is 0 Å². The molecule has 1 fully saturated rings. The third-order valence-corrected chi connectivity index (χ3v) is 4.72. The molecule has 3 amide bonds. The summed E-state index contributed by atoms with van der Waals surface area (Å²) >= 11 is 11.9. The number of carbonyl (C=O) groups is 2. The van der Waals surface area contributed by atoms with Crippen LogP contribution in [0.25, 0.3) is 0 Å². The Morgan fingerprint density at radius 3 is 2.22 bits per heavy atom. The summed E-state index contributed by atoms with van der Waals surface area (Å²) in [6.07, 6.45) is 0. The Kier molecular flexibility index (Phi) is 6.08. The Hall–Kier alpha value is -2.44. The number of rotatable bonds is 3. The molecule has 2 aromatic carbocycles. The maximum Gasteiger partial charge on any atom is 0.321 e. The third kappa shape index (κ3) is 4.84. The maximum absolute atomic E-state index is 12.6. The van der Waals surface area contributed by atoms with E-state index in [1.54, 1.807) is 53.3 Å². The first-order chi connectivity index (χ1) is 13.0. The lowest BCUT2D eigenvalue weighted by molar-refractivity contribution is 0.0671. The highest BCUT2D eigenvalue weighted by Gasteiger charge is 2.25. The van der Waals surface area contributed by atoms with Gasteiger partial charge in [-0.15, -0.1) is 0 Å². The monoisotopic (exact) mass is 407 g/mol. The molecule has 0 saturated carbocycles. The van der Waals surface area contributed by atoms with Crippen molar-refractivity contribution < 1.29 is 14.3 Å². The van der Waals surface area contributed by atoms with Crippen molar-refractivity contribution in [2.45, 2.75) is 0 Å². The Morgan fingerprint density at radius 2 is 1.59 bits per heavy atom. The van der Waals surface area contributed by atoms with Crippen LogP contribution in [0.15, 0.2) is 42.5 Å². The smallest absolute Gasteiger partial charge is 0.321 e. The van der Waals surface area contributed by atoms with Crippen molar-refractivity contribution in [2.75, 3.05) is 38.6 Å². The van der Waals surface area contributed by atoms with Gasteiger partial charge in [-0.1, -0.05) is 29.3 Å². The Morgan fingerprint density at radius 1 is 0.963 bits per heavy atom. The quantitative estimate of drug-likeness (QED) is 0.836. The van der Waals surface area contributed by atoms with E-state index in [0.717, 1.165) is 0 Å². The highest BCUT2D eigenvalue weighted by Crippen LogP contribution is 2.21. The number of hydrogen-bond acceptors (Lipinski definition) is 3. The van der Waals surface area contributed by atoms with Gasteiger partial charge in [-0.05, 0) is 30.3 Å². The fraction of sp³-hybridized carbons (Fsp3) is 0.263. The first-order valence-corrected chi connectivity index (χ1v) is 9.17. The molecule has 1 saturated heterocycles. The van der Waals surface area contributed by atoms with E-state index in [0.29, 0.717) is 53.2 Å². The topological polar surface area (TPSA) is 61.9 Å². The number of carbonyl (C=O) groups excluding carboxylic acids is 2. The minimum Gasteiger partial charge on any atom is -0.497 e. The van der Waals surface area contributed by atoms with Crippen molar-refractivity contribution in [2.24, 2.45) is 0 Å². The van der Waals surface area contributed by atoms with Gasteiger partial charge in [0.25, 0.3) is 5.91 Å². The zero-order valence-corrected chi connectivity index (χ0v) is 16.3. The van der Waals surface area contributed by atoms with Crippen molar-refractivity contribution in [3.05, 3.63) is 58.1 Å². The van der Waals surface area contributed by atoms with Gasteiger partial charge in [0.15, 0.2) is 0 Å². The van der Waals surface area contributed by atoms with E-state index in [1.165, 1.54) is 0 Å². The average Bonchev–Trinajstić information content (AvgIpc) is 2.67. The fourth-order valence-corrected chi connectivity index (χ4v) is 3.40. The summed E-state index contributed by atoms with van der Waals surface area (Å²) in [6, 6.07) is 11.7. The number of hydrogen-bond donors (Lipinski definition) is 1. The zero-order valence-electron chi connectivity index (χ0n) is 14.7. The van der Waals surface area contributed by atoms with Crippen LogP contribution < -0.4 is 10.1 Å². The molecule has 1 aliphatic heterocycles. The van der Waals surface area contributed by atoms with Crippen LogP contribution in [0.5, 0.6) is 5.75 Å². The van der Waals surface area contributed by atoms with Gasteiger partial charge in [0.05, 0.1) is 7.11 Å².